The predicted molar refractivity (Wildman–Crippen MR) is 86.9 cm³/mol. The molecule has 2 rings (SSSR count). The molecule has 1 aliphatic rings. The van der Waals surface area contributed by atoms with Gasteiger partial charge in [0.1, 0.15) is 5.82 Å². The van der Waals surface area contributed by atoms with E-state index in [0.29, 0.717) is 5.16 Å². The molecule has 2 N–H and O–H groups in total. The van der Waals surface area contributed by atoms with Gasteiger partial charge in [0, 0.05) is 30.9 Å². The fraction of sp³-hybridized carbons (Fsp3) is 0.643. The van der Waals surface area contributed by atoms with Gasteiger partial charge >= 0.3 is 0 Å². The molecule has 0 radical (unpaired) electrons. The third kappa shape index (κ3) is 5.43. The van der Waals surface area contributed by atoms with Crippen LogP contribution in [0.2, 0.25) is 0 Å². The zero-order valence-corrected chi connectivity index (χ0v) is 14.1. The lowest BCUT2D eigenvalue weighted by Crippen LogP contribution is -2.42. The monoisotopic (exact) mass is 325 g/mol. The predicted octanol–water partition coefficient (Wildman–Crippen LogP) is 0.743. The fourth-order valence-electron chi connectivity index (χ4n) is 1.94. The van der Waals surface area contributed by atoms with Crippen LogP contribution in [0.5, 0.6) is 0 Å². The lowest BCUT2D eigenvalue weighted by molar-refractivity contribution is -0.119. The van der Waals surface area contributed by atoms with Crippen LogP contribution in [0.1, 0.15) is 19.5 Å². The van der Waals surface area contributed by atoms with Gasteiger partial charge in [-0.2, -0.15) is 0 Å². The van der Waals surface area contributed by atoms with Crippen LogP contribution >= 0.6 is 11.8 Å². The Hall–Kier alpha value is -1.38. The molecule has 0 spiro atoms. The standard InChI is InChI=1S/C14H23N5O2S/c1-10(2)17-18-13(20)9-22-14-15-11(3)8-12(16-14)19-4-6-21-7-5-19/h8,10,17H,4-7,9H2,1-3H3,(H,18,20). The van der Waals surface area contributed by atoms with Crippen LogP contribution in [0.3, 0.4) is 0 Å². The first-order valence-electron chi connectivity index (χ1n) is 7.40. The summed E-state index contributed by atoms with van der Waals surface area (Å²) in [5.41, 5.74) is 6.44. The zero-order valence-electron chi connectivity index (χ0n) is 13.3. The van der Waals surface area contributed by atoms with Gasteiger partial charge in [-0.25, -0.2) is 15.4 Å². The van der Waals surface area contributed by atoms with Crippen molar-refractivity contribution in [2.75, 3.05) is 37.0 Å². The van der Waals surface area contributed by atoms with Crippen molar-refractivity contribution in [1.82, 2.24) is 20.8 Å². The Morgan fingerprint density at radius 1 is 1.41 bits per heavy atom. The molecule has 1 aromatic heterocycles. The maximum atomic E-state index is 11.7. The van der Waals surface area contributed by atoms with Crippen molar-refractivity contribution in [2.24, 2.45) is 0 Å². The van der Waals surface area contributed by atoms with Crippen molar-refractivity contribution < 1.29 is 9.53 Å². The van der Waals surface area contributed by atoms with Gasteiger partial charge in [0.2, 0.25) is 5.91 Å². The Bertz CT molecular complexity index is 506. The second-order valence-corrected chi connectivity index (χ2v) is 6.33. The lowest BCUT2D eigenvalue weighted by atomic mass is 10.3. The molecule has 0 aromatic carbocycles. The number of rotatable bonds is 6. The number of hydrogen-bond acceptors (Lipinski definition) is 7. The molecule has 22 heavy (non-hydrogen) atoms. The van der Waals surface area contributed by atoms with E-state index in [2.05, 4.69) is 25.7 Å². The van der Waals surface area contributed by atoms with Crippen LogP contribution in [-0.4, -0.2) is 54.0 Å². The molecule has 1 aliphatic heterocycles. The third-order valence-electron chi connectivity index (χ3n) is 2.99. The van der Waals surface area contributed by atoms with Crippen molar-refractivity contribution in [2.45, 2.75) is 32.0 Å². The van der Waals surface area contributed by atoms with Gasteiger partial charge in [-0.1, -0.05) is 11.8 Å². The summed E-state index contributed by atoms with van der Waals surface area (Å²) < 4.78 is 5.36. The number of aryl methyl sites for hydroxylation is 1. The first kappa shape index (κ1) is 17.0. The minimum Gasteiger partial charge on any atom is -0.378 e. The first-order valence-corrected chi connectivity index (χ1v) is 8.38. The smallest absolute Gasteiger partial charge is 0.244 e. The molecule has 8 heteroatoms. The van der Waals surface area contributed by atoms with Crippen molar-refractivity contribution in [3.05, 3.63) is 11.8 Å². The maximum Gasteiger partial charge on any atom is 0.244 e. The first-order chi connectivity index (χ1) is 10.5. The topological polar surface area (TPSA) is 79.4 Å². The Morgan fingerprint density at radius 3 is 2.82 bits per heavy atom. The number of anilines is 1. The van der Waals surface area contributed by atoms with E-state index >= 15 is 0 Å². The minimum absolute atomic E-state index is 0.0864. The summed E-state index contributed by atoms with van der Waals surface area (Å²) in [5, 5.41) is 0.626. The van der Waals surface area contributed by atoms with E-state index in [-0.39, 0.29) is 17.7 Å². The van der Waals surface area contributed by atoms with Gasteiger partial charge in [0.25, 0.3) is 0 Å². The van der Waals surface area contributed by atoms with Gasteiger partial charge in [-0.3, -0.25) is 10.2 Å². The SMILES string of the molecule is Cc1cc(N2CCOCC2)nc(SCC(=O)NNC(C)C)n1. The highest BCUT2D eigenvalue weighted by Crippen LogP contribution is 2.19. The van der Waals surface area contributed by atoms with Crippen LogP contribution < -0.4 is 15.8 Å². The van der Waals surface area contributed by atoms with Gasteiger partial charge in [-0.05, 0) is 20.8 Å². The number of amides is 1. The van der Waals surface area contributed by atoms with Crippen LogP contribution in [0.4, 0.5) is 5.82 Å². The summed E-state index contributed by atoms with van der Waals surface area (Å²) in [6.45, 7) is 8.97. The Labute approximate surface area is 135 Å². The molecular formula is C14H23N5O2S. The van der Waals surface area contributed by atoms with Gasteiger partial charge in [-0.15, -0.1) is 0 Å². The maximum absolute atomic E-state index is 11.7. The van der Waals surface area contributed by atoms with Gasteiger partial charge < -0.3 is 9.64 Å². The van der Waals surface area contributed by atoms with E-state index in [1.165, 1.54) is 11.8 Å². The van der Waals surface area contributed by atoms with Crippen molar-refractivity contribution >= 4 is 23.5 Å². The molecule has 0 bridgehead atoms. The summed E-state index contributed by atoms with van der Waals surface area (Å²) in [7, 11) is 0. The summed E-state index contributed by atoms with van der Waals surface area (Å²) in [6, 6.07) is 2.17. The van der Waals surface area contributed by atoms with E-state index in [0.717, 1.165) is 37.8 Å². The van der Waals surface area contributed by atoms with E-state index in [4.69, 9.17) is 4.74 Å². The fourth-order valence-corrected chi connectivity index (χ4v) is 2.63. The number of hydrazine groups is 1. The molecule has 1 amide bonds. The van der Waals surface area contributed by atoms with Crippen LogP contribution in [0, 0.1) is 6.92 Å². The molecule has 7 nitrogen and oxygen atoms in total. The average molecular weight is 325 g/mol. The van der Waals surface area contributed by atoms with Gasteiger partial charge in [0.15, 0.2) is 5.16 Å². The quantitative estimate of drug-likeness (QED) is 0.454. The van der Waals surface area contributed by atoms with Crippen molar-refractivity contribution in [3.63, 3.8) is 0 Å². The number of morpholine rings is 1. The number of ether oxygens (including phenoxy) is 1. The largest absolute Gasteiger partial charge is 0.378 e. The number of thioether (sulfide) groups is 1. The Balaban J connectivity index is 1.93. The number of aromatic nitrogens is 2. The molecule has 122 valence electrons. The molecule has 1 saturated heterocycles. The molecule has 0 aliphatic carbocycles. The Morgan fingerprint density at radius 2 is 2.14 bits per heavy atom. The summed E-state index contributed by atoms with van der Waals surface area (Å²) in [4.78, 5) is 22.8. The molecular weight excluding hydrogens is 302 g/mol. The number of carbonyl (C=O) groups is 1. The molecule has 1 fully saturated rings. The number of nitrogens with one attached hydrogen (secondary N) is 2. The summed E-state index contributed by atoms with van der Waals surface area (Å²) in [6.07, 6.45) is 0. The highest BCUT2D eigenvalue weighted by molar-refractivity contribution is 7.99. The molecule has 0 saturated carbocycles. The van der Waals surface area contributed by atoms with E-state index < -0.39 is 0 Å². The zero-order chi connectivity index (χ0) is 15.9. The van der Waals surface area contributed by atoms with E-state index in [1.807, 2.05) is 26.8 Å². The van der Waals surface area contributed by atoms with E-state index in [1.54, 1.807) is 0 Å². The van der Waals surface area contributed by atoms with Gasteiger partial charge in [0.05, 0.1) is 19.0 Å². The highest BCUT2D eigenvalue weighted by Gasteiger charge is 2.15. The lowest BCUT2D eigenvalue weighted by Gasteiger charge is -2.28. The van der Waals surface area contributed by atoms with Crippen molar-refractivity contribution in [1.29, 1.82) is 0 Å². The Kier molecular flexibility index (Phi) is 6.41. The van der Waals surface area contributed by atoms with Crippen molar-refractivity contribution in [3.8, 4) is 0 Å². The summed E-state index contributed by atoms with van der Waals surface area (Å²) >= 11 is 1.34. The average Bonchev–Trinajstić information content (AvgIpc) is 2.51. The normalized spacial score (nSPS) is 15.2. The second kappa shape index (κ2) is 8.30. The molecule has 0 atom stereocenters. The molecule has 1 aromatic rings. The van der Waals surface area contributed by atoms with Crippen LogP contribution in [0.15, 0.2) is 11.2 Å². The highest BCUT2D eigenvalue weighted by atomic mass is 32.2. The summed E-state index contributed by atoms with van der Waals surface area (Å²) in [5.74, 6) is 1.10. The number of carbonyl (C=O) groups excluding carboxylic acids is 1. The number of hydrogen-bond donors (Lipinski definition) is 2. The molecule has 0 unspecified atom stereocenters. The van der Waals surface area contributed by atoms with Crippen LogP contribution in [-0.2, 0) is 9.53 Å². The van der Waals surface area contributed by atoms with Crippen LogP contribution in [0.25, 0.3) is 0 Å². The number of nitrogens with zero attached hydrogens (tertiary/aromatic N) is 3. The molecule has 2 heterocycles. The van der Waals surface area contributed by atoms with E-state index in [9.17, 15) is 4.79 Å². The minimum atomic E-state index is -0.0864. The second-order valence-electron chi connectivity index (χ2n) is 5.39. The third-order valence-corrected chi connectivity index (χ3v) is 3.84.